The quantitative estimate of drug-likeness (QED) is 0.265. The van der Waals surface area contributed by atoms with Crippen LogP contribution in [0, 0.1) is 24.7 Å². The number of allylic oxidation sites excluding steroid dienone is 1. The van der Waals surface area contributed by atoms with Crippen LogP contribution in [0.25, 0.3) is 5.57 Å². The van der Waals surface area contributed by atoms with Gasteiger partial charge in [-0.15, -0.1) is 0 Å². The van der Waals surface area contributed by atoms with Gasteiger partial charge in [0, 0.05) is 16.0 Å². The van der Waals surface area contributed by atoms with E-state index in [1.165, 1.54) is 4.90 Å². The van der Waals surface area contributed by atoms with Gasteiger partial charge in [-0.05, 0) is 54.0 Å². The summed E-state index contributed by atoms with van der Waals surface area (Å²) in [6.07, 6.45) is 2.01. The second-order valence-corrected chi connectivity index (χ2v) is 9.91. The molecular weight excluding hydrogens is 494 g/mol. The van der Waals surface area contributed by atoms with Gasteiger partial charge in [0.1, 0.15) is 5.75 Å². The predicted molar refractivity (Wildman–Crippen MR) is 131 cm³/mol. The molecule has 168 valence electrons. The van der Waals surface area contributed by atoms with Crippen molar-refractivity contribution in [2.24, 2.45) is 17.8 Å². The van der Waals surface area contributed by atoms with Crippen molar-refractivity contribution in [3.05, 3.63) is 100 Å². The van der Waals surface area contributed by atoms with Gasteiger partial charge in [-0.2, -0.15) is 0 Å². The molecule has 6 rings (SSSR count). The third-order valence-corrected chi connectivity index (χ3v) is 7.55. The van der Waals surface area contributed by atoms with E-state index >= 15 is 0 Å². The average molecular weight is 514 g/mol. The number of fused-ring (bicyclic) bond motifs is 5. The molecule has 3 aliphatic rings. The fourth-order valence-electron chi connectivity index (χ4n) is 5.51. The van der Waals surface area contributed by atoms with E-state index in [9.17, 15) is 14.4 Å². The van der Waals surface area contributed by atoms with Crippen molar-refractivity contribution in [3.8, 4) is 5.75 Å². The number of aryl methyl sites for hydroxylation is 1. The molecule has 0 spiro atoms. The summed E-state index contributed by atoms with van der Waals surface area (Å²) >= 11 is 3.40. The monoisotopic (exact) mass is 513 g/mol. The molecule has 4 atom stereocenters. The number of benzene rings is 3. The fraction of sp³-hybridized carbons (Fsp3) is 0.179. The lowest BCUT2D eigenvalue weighted by Gasteiger charge is -2.38. The normalized spacial score (nSPS) is 25.3. The number of amides is 2. The van der Waals surface area contributed by atoms with E-state index in [-0.39, 0.29) is 17.7 Å². The molecule has 1 saturated heterocycles. The number of hydrogen-bond donors (Lipinski definition) is 0. The topological polar surface area (TPSA) is 63.7 Å². The van der Waals surface area contributed by atoms with Gasteiger partial charge in [-0.25, -0.2) is 4.90 Å². The minimum atomic E-state index is -0.830. The van der Waals surface area contributed by atoms with Crippen LogP contribution in [0.3, 0.4) is 0 Å². The van der Waals surface area contributed by atoms with E-state index in [2.05, 4.69) is 15.9 Å². The minimum absolute atomic E-state index is 0.288. The number of carbonyl (C=O) groups excluding carboxylic acids is 3. The van der Waals surface area contributed by atoms with Crippen LogP contribution in [0.15, 0.2) is 83.3 Å². The molecule has 0 aromatic heterocycles. The lowest BCUT2D eigenvalue weighted by atomic mass is 9.64. The summed E-state index contributed by atoms with van der Waals surface area (Å²) in [5.74, 6) is -3.31. The third kappa shape index (κ3) is 3.09. The molecule has 0 N–H and O–H groups in total. The summed E-state index contributed by atoms with van der Waals surface area (Å²) in [5.41, 5.74) is 3.99. The minimum Gasteiger partial charge on any atom is -0.425 e. The molecule has 0 bridgehead atoms. The molecule has 3 aromatic rings. The van der Waals surface area contributed by atoms with Gasteiger partial charge in [0.2, 0.25) is 11.8 Å². The van der Waals surface area contributed by atoms with E-state index in [1.807, 2.05) is 61.5 Å². The molecule has 2 heterocycles. The van der Waals surface area contributed by atoms with Crippen molar-refractivity contribution < 1.29 is 19.1 Å². The van der Waals surface area contributed by atoms with Crippen molar-refractivity contribution in [2.45, 2.75) is 12.8 Å². The van der Waals surface area contributed by atoms with Crippen LogP contribution in [0.1, 0.15) is 22.6 Å². The van der Waals surface area contributed by atoms with Gasteiger partial charge in [0.15, 0.2) is 0 Å². The number of anilines is 1. The molecule has 0 saturated carbocycles. The smallest absolute Gasteiger partial charge is 0.319 e. The van der Waals surface area contributed by atoms with Gasteiger partial charge >= 0.3 is 5.97 Å². The van der Waals surface area contributed by atoms with Crippen molar-refractivity contribution in [1.29, 1.82) is 0 Å². The Hall–Kier alpha value is -3.51. The standard InChI is InChI=1S/C28H20BrNO4/c1-15-7-12-19-21-14-20(16-5-3-2-4-6-16)23-25(24(21)28(33)34-22(19)13-15)27(32)30(26(23)31)18-10-8-17(29)9-11-18/h2-14,20,23-25H,1H3/t20-,23+,24-,25-/m1/s1. The number of carbonyl (C=O) groups is 3. The van der Waals surface area contributed by atoms with Gasteiger partial charge < -0.3 is 4.74 Å². The molecule has 2 amide bonds. The first-order valence-electron chi connectivity index (χ1n) is 11.2. The second-order valence-electron chi connectivity index (χ2n) is 9.00. The molecule has 34 heavy (non-hydrogen) atoms. The van der Waals surface area contributed by atoms with Crippen molar-refractivity contribution in [2.75, 3.05) is 4.90 Å². The average Bonchev–Trinajstić information content (AvgIpc) is 3.10. The number of hydrogen-bond acceptors (Lipinski definition) is 4. The maximum Gasteiger partial charge on any atom is 0.319 e. The van der Waals surface area contributed by atoms with E-state index in [1.54, 1.807) is 24.3 Å². The Morgan fingerprint density at radius 2 is 1.56 bits per heavy atom. The van der Waals surface area contributed by atoms with Gasteiger partial charge in [0.05, 0.1) is 23.4 Å². The summed E-state index contributed by atoms with van der Waals surface area (Å²) in [6, 6.07) is 22.5. The highest BCUT2D eigenvalue weighted by Gasteiger charge is 2.60. The van der Waals surface area contributed by atoms with Crippen molar-refractivity contribution >= 4 is 45.0 Å². The summed E-state index contributed by atoms with van der Waals surface area (Å²) in [7, 11) is 0. The molecule has 1 aliphatic carbocycles. The third-order valence-electron chi connectivity index (χ3n) is 7.02. The van der Waals surface area contributed by atoms with Crippen LogP contribution >= 0.6 is 15.9 Å². The molecule has 5 nitrogen and oxygen atoms in total. The van der Waals surface area contributed by atoms with E-state index in [0.29, 0.717) is 11.4 Å². The van der Waals surface area contributed by atoms with E-state index in [4.69, 9.17) is 4.74 Å². The first-order chi connectivity index (χ1) is 16.4. The van der Waals surface area contributed by atoms with Crippen LogP contribution in [0.5, 0.6) is 5.75 Å². The molecule has 1 fully saturated rings. The molecule has 0 unspecified atom stereocenters. The van der Waals surface area contributed by atoms with Crippen molar-refractivity contribution in [3.63, 3.8) is 0 Å². The van der Waals surface area contributed by atoms with Crippen molar-refractivity contribution in [1.82, 2.24) is 0 Å². The van der Waals surface area contributed by atoms with Gasteiger partial charge in [-0.1, -0.05) is 64.5 Å². The Morgan fingerprint density at radius 3 is 2.29 bits per heavy atom. The molecule has 6 heteroatoms. The predicted octanol–water partition coefficient (Wildman–Crippen LogP) is 5.28. The maximum absolute atomic E-state index is 13.8. The van der Waals surface area contributed by atoms with Crippen LogP contribution in [0.2, 0.25) is 0 Å². The Kier molecular flexibility index (Phi) is 4.81. The molecule has 3 aromatic carbocycles. The number of halogens is 1. The highest BCUT2D eigenvalue weighted by Crippen LogP contribution is 2.54. The number of imide groups is 1. The number of ether oxygens (including phenoxy) is 1. The summed E-state index contributed by atoms with van der Waals surface area (Å²) in [5, 5.41) is 0. The first kappa shape index (κ1) is 21.1. The number of nitrogens with zero attached hydrogens (tertiary/aromatic N) is 1. The van der Waals surface area contributed by atoms with E-state index in [0.717, 1.165) is 26.7 Å². The maximum atomic E-state index is 13.8. The largest absolute Gasteiger partial charge is 0.425 e. The van der Waals surface area contributed by atoms with Crippen LogP contribution < -0.4 is 9.64 Å². The number of esters is 1. The highest BCUT2D eigenvalue weighted by atomic mass is 79.9. The Labute approximate surface area is 205 Å². The first-order valence-corrected chi connectivity index (χ1v) is 12.0. The van der Waals surface area contributed by atoms with E-state index < -0.39 is 23.7 Å². The van der Waals surface area contributed by atoms with Crippen LogP contribution in [-0.2, 0) is 14.4 Å². The summed E-state index contributed by atoms with van der Waals surface area (Å²) in [6.45, 7) is 1.94. The number of rotatable bonds is 2. The molecular formula is C28H20BrNO4. The van der Waals surface area contributed by atoms with Crippen LogP contribution in [0.4, 0.5) is 5.69 Å². The fourth-order valence-corrected chi connectivity index (χ4v) is 5.78. The SMILES string of the molecule is Cc1ccc2c(c1)OC(=O)[C@@H]1C2=C[C@H](c2ccccc2)[C@@H]2C(=O)N(c3ccc(Br)cc3)C(=O)[C@@H]12. The molecule has 0 radical (unpaired) electrons. The zero-order chi connectivity index (χ0) is 23.6. The van der Waals surface area contributed by atoms with Gasteiger partial charge in [-0.3, -0.25) is 14.4 Å². The Balaban J connectivity index is 1.55. The summed E-state index contributed by atoms with van der Waals surface area (Å²) in [4.78, 5) is 42.2. The molecule has 2 aliphatic heterocycles. The lowest BCUT2D eigenvalue weighted by molar-refractivity contribution is -0.142. The zero-order valence-corrected chi connectivity index (χ0v) is 19.9. The summed E-state index contributed by atoms with van der Waals surface area (Å²) < 4.78 is 6.55. The lowest BCUT2D eigenvalue weighted by Crippen LogP contribution is -2.42. The highest BCUT2D eigenvalue weighted by molar-refractivity contribution is 9.10. The van der Waals surface area contributed by atoms with Gasteiger partial charge in [0.25, 0.3) is 0 Å². The Bertz CT molecular complexity index is 1380. The van der Waals surface area contributed by atoms with Crippen LogP contribution in [-0.4, -0.2) is 17.8 Å². The zero-order valence-electron chi connectivity index (χ0n) is 18.3. The second kappa shape index (κ2) is 7.77. The Morgan fingerprint density at radius 1 is 0.853 bits per heavy atom.